The van der Waals surface area contributed by atoms with Gasteiger partial charge in [-0.25, -0.2) is 9.78 Å². The van der Waals surface area contributed by atoms with Gasteiger partial charge in [-0.15, -0.1) is 0 Å². The van der Waals surface area contributed by atoms with Gasteiger partial charge in [0, 0.05) is 9.86 Å². The first-order valence-electron chi connectivity index (χ1n) is 11.3. The smallest absolute Gasteiger partial charge is 0.344 e. The fourth-order valence-electron chi connectivity index (χ4n) is 3.69. The summed E-state index contributed by atoms with van der Waals surface area (Å²) in [6.07, 6.45) is 1.54. The van der Waals surface area contributed by atoms with Crippen molar-refractivity contribution in [3.8, 4) is 17.3 Å². The lowest BCUT2D eigenvalue weighted by atomic mass is 10.2. The molecule has 0 spiro atoms. The molecule has 0 radical (unpaired) electrons. The molecule has 3 aromatic carbocycles. The average molecular weight is 625 g/mol. The van der Waals surface area contributed by atoms with Crippen molar-refractivity contribution in [3.63, 3.8) is 0 Å². The second-order valence-electron chi connectivity index (χ2n) is 7.89. The molecule has 186 valence electrons. The van der Waals surface area contributed by atoms with Gasteiger partial charge in [-0.05, 0) is 83.0 Å². The van der Waals surface area contributed by atoms with E-state index in [1.807, 2.05) is 30.3 Å². The predicted molar refractivity (Wildman–Crippen MR) is 148 cm³/mol. The second kappa shape index (κ2) is 10.7. The Bertz CT molecular complexity index is 1730. The highest BCUT2D eigenvalue weighted by Gasteiger charge is 2.16. The van der Waals surface area contributed by atoms with E-state index in [4.69, 9.17) is 18.9 Å². The van der Waals surface area contributed by atoms with E-state index < -0.39 is 5.97 Å². The first-order chi connectivity index (χ1) is 17.9. The fraction of sp³-hybridized carbons (Fsp3) is 0.111. The zero-order valence-corrected chi connectivity index (χ0v) is 22.7. The topological polar surface area (TPSA) is 95.9 Å². The lowest BCUT2D eigenvalue weighted by Crippen LogP contribution is -2.20. The molecule has 37 heavy (non-hydrogen) atoms. The summed E-state index contributed by atoms with van der Waals surface area (Å²) in [6.45, 7) is 1.82. The van der Waals surface area contributed by atoms with Gasteiger partial charge in [0.2, 0.25) is 5.82 Å². The molecular weight excluding hydrogens is 606 g/mol. The molecule has 0 unspecified atom stereocenters. The van der Waals surface area contributed by atoms with E-state index in [9.17, 15) is 9.59 Å². The van der Waals surface area contributed by atoms with Gasteiger partial charge in [-0.1, -0.05) is 28.1 Å². The van der Waals surface area contributed by atoms with Crippen molar-refractivity contribution < 1.29 is 18.7 Å². The molecule has 0 amide bonds. The van der Waals surface area contributed by atoms with Crippen molar-refractivity contribution in [2.24, 2.45) is 5.10 Å². The number of hydrogen-bond acceptors (Lipinski definition) is 7. The number of benzene rings is 3. The third-order valence-electron chi connectivity index (χ3n) is 5.38. The molecule has 0 aliphatic rings. The molecule has 0 bridgehead atoms. The van der Waals surface area contributed by atoms with Gasteiger partial charge in [-0.3, -0.25) is 4.79 Å². The summed E-state index contributed by atoms with van der Waals surface area (Å²) >= 11 is 6.92. The van der Waals surface area contributed by atoms with Crippen LogP contribution in [0.1, 0.15) is 12.5 Å². The largest absolute Gasteiger partial charge is 0.481 e. The van der Waals surface area contributed by atoms with Crippen molar-refractivity contribution in [1.29, 1.82) is 0 Å². The van der Waals surface area contributed by atoms with Crippen LogP contribution in [0.25, 0.3) is 33.5 Å². The fourth-order valence-corrected chi connectivity index (χ4v) is 4.58. The Hall–Kier alpha value is -3.76. The van der Waals surface area contributed by atoms with Gasteiger partial charge in [0.15, 0.2) is 12.4 Å². The number of carbonyl (C=O) groups is 1. The normalized spacial score (nSPS) is 11.4. The van der Waals surface area contributed by atoms with Gasteiger partial charge in [0.05, 0.1) is 28.2 Å². The highest BCUT2D eigenvalue weighted by atomic mass is 79.9. The Morgan fingerprint density at radius 3 is 2.76 bits per heavy atom. The summed E-state index contributed by atoms with van der Waals surface area (Å²) in [5.74, 6) is 0.718. The van der Waals surface area contributed by atoms with Crippen LogP contribution in [0.2, 0.25) is 0 Å². The van der Waals surface area contributed by atoms with Gasteiger partial charge in [-0.2, -0.15) is 9.78 Å². The first-order valence-corrected chi connectivity index (χ1v) is 12.8. The molecule has 10 heteroatoms. The van der Waals surface area contributed by atoms with Crippen molar-refractivity contribution in [3.05, 3.63) is 91.6 Å². The van der Waals surface area contributed by atoms with Crippen LogP contribution in [-0.2, 0) is 9.53 Å². The van der Waals surface area contributed by atoms with E-state index in [-0.39, 0.29) is 24.6 Å². The molecule has 0 saturated heterocycles. The number of carbonyl (C=O) groups excluding carboxylic acids is 1. The van der Waals surface area contributed by atoms with Gasteiger partial charge < -0.3 is 13.9 Å². The van der Waals surface area contributed by atoms with Crippen molar-refractivity contribution >= 4 is 65.9 Å². The third-order valence-corrected chi connectivity index (χ3v) is 6.49. The first kappa shape index (κ1) is 24.9. The summed E-state index contributed by atoms with van der Waals surface area (Å²) in [4.78, 5) is 29.7. The van der Waals surface area contributed by atoms with Crippen LogP contribution >= 0.6 is 31.9 Å². The number of furan rings is 1. The Kier molecular flexibility index (Phi) is 7.20. The summed E-state index contributed by atoms with van der Waals surface area (Å²) in [5.41, 5.74) is 1.57. The number of nitrogens with zero attached hydrogens (tertiary/aromatic N) is 3. The van der Waals surface area contributed by atoms with Crippen LogP contribution in [0.15, 0.2) is 90.0 Å². The SMILES string of the molecule is CCOC(=O)COc1ccc(C=Nn2c(-c3cc4cc(Br)ccc4o3)nc3ccccc3c2=O)cc1Br. The molecule has 0 fully saturated rings. The molecule has 0 aliphatic carbocycles. The minimum atomic E-state index is -0.450. The van der Waals surface area contributed by atoms with E-state index in [2.05, 4.69) is 37.0 Å². The third kappa shape index (κ3) is 5.35. The highest BCUT2D eigenvalue weighted by Crippen LogP contribution is 2.29. The maximum absolute atomic E-state index is 13.4. The number of esters is 1. The number of ether oxygens (including phenoxy) is 2. The van der Waals surface area contributed by atoms with Crippen molar-refractivity contribution in [2.45, 2.75) is 6.92 Å². The van der Waals surface area contributed by atoms with Crippen molar-refractivity contribution in [1.82, 2.24) is 9.66 Å². The van der Waals surface area contributed by atoms with Crippen LogP contribution < -0.4 is 10.3 Å². The summed E-state index contributed by atoms with van der Waals surface area (Å²) in [6, 6.07) is 19.8. The van der Waals surface area contributed by atoms with E-state index in [1.54, 1.807) is 49.5 Å². The molecule has 0 aliphatic heterocycles. The highest BCUT2D eigenvalue weighted by molar-refractivity contribution is 9.10. The van der Waals surface area contributed by atoms with Gasteiger partial charge >= 0.3 is 5.97 Å². The maximum atomic E-state index is 13.4. The molecule has 5 rings (SSSR count). The Morgan fingerprint density at radius 1 is 1.11 bits per heavy atom. The Balaban J connectivity index is 1.53. The average Bonchev–Trinajstić information content (AvgIpc) is 3.31. The zero-order valence-electron chi connectivity index (χ0n) is 19.5. The summed E-state index contributed by atoms with van der Waals surface area (Å²) in [7, 11) is 0. The van der Waals surface area contributed by atoms with Crippen LogP contribution in [0.5, 0.6) is 5.75 Å². The minimum Gasteiger partial charge on any atom is -0.481 e. The van der Waals surface area contributed by atoms with Gasteiger partial charge in [0.25, 0.3) is 5.56 Å². The molecule has 8 nitrogen and oxygen atoms in total. The van der Waals surface area contributed by atoms with Crippen LogP contribution in [0.3, 0.4) is 0 Å². The number of halogens is 2. The summed E-state index contributed by atoms with van der Waals surface area (Å²) < 4.78 is 19.2. The lowest BCUT2D eigenvalue weighted by molar-refractivity contribution is -0.145. The summed E-state index contributed by atoms with van der Waals surface area (Å²) in [5, 5.41) is 5.77. The van der Waals surface area contributed by atoms with E-state index in [1.165, 1.54) is 4.68 Å². The predicted octanol–water partition coefficient (Wildman–Crippen LogP) is 6.16. The molecular formula is C27H19Br2N3O5. The van der Waals surface area contributed by atoms with Crippen LogP contribution in [0.4, 0.5) is 0 Å². The lowest BCUT2D eigenvalue weighted by Gasteiger charge is -2.09. The monoisotopic (exact) mass is 623 g/mol. The van der Waals surface area contributed by atoms with E-state index in [0.29, 0.717) is 38.0 Å². The molecule has 0 N–H and O–H groups in total. The number of aromatic nitrogens is 2. The van der Waals surface area contributed by atoms with Gasteiger partial charge in [0.1, 0.15) is 11.3 Å². The van der Waals surface area contributed by atoms with Crippen LogP contribution in [0, 0.1) is 0 Å². The van der Waals surface area contributed by atoms with Crippen LogP contribution in [-0.4, -0.2) is 35.1 Å². The molecule has 5 aromatic rings. The number of rotatable bonds is 7. The second-order valence-corrected chi connectivity index (χ2v) is 9.66. The number of hydrogen-bond donors (Lipinski definition) is 0. The molecule has 2 heterocycles. The number of para-hydroxylation sites is 1. The molecule has 2 aromatic heterocycles. The zero-order chi connectivity index (χ0) is 25.9. The van der Waals surface area contributed by atoms with Crippen molar-refractivity contribution in [2.75, 3.05) is 13.2 Å². The molecule has 0 saturated carbocycles. The standard InChI is InChI=1S/C27H19Br2N3O5/c1-2-35-25(33)15-36-23-9-7-16(11-20(23)29)14-30-32-26(31-21-6-4-3-5-19(21)27(32)34)24-13-17-12-18(28)8-10-22(17)37-24/h3-14H,2,15H2,1H3. The quantitative estimate of drug-likeness (QED) is 0.159. The maximum Gasteiger partial charge on any atom is 0.344 e. The Labute approximate surface area is 227 Å². The number of fused-ring (bicyclic) bond motifs is 2. The Morgan fingerprint density at radius 2 is 1.95 bits per heavy atom. The molecule has 0 atom stereocenters. The van der Waals surface area contributed by atoms with E-state index in [0.717, 1.165) is 9.86 Å². The van der Waals surface area contributed by atoms with E-state index >= 15 is 0 Å². The minimum absolute atomic E-state index is 0.199.